The zero-order chi connectivity index (χ0) is 17.9. The highest BCUT2D eigenvalue weighted by molar-refractivity contribution is 5.90. The summed E-state index contributed by atoms with van der Waals surface area (Å²) in [6.45, 7) is 4.71. The standard InChI is InChI=1S/C23H30O2/c1-3-5-6-7-8-9-19-10-12-20(13-11-19)21-14-16-22(17-15-21)23(24)25-18-4-2/h10-17H,3-9,18H2,1-2H3. The molecule has 0 radical (unpaired) electrons. The molecule has 0 fully saturated rings. The monoisotopic (exact) mass is 338 g/mol. The Bertz CT molecular complexity index is 626. The molecule has 0 amide bonds. The number of benzene rings is 2. The van der Waals surface area contributed by atoms with Gasteiger partial charge in [0, 0.05) is 0 Å². The Balaban J connectivity index is 1.89. The molecule has 2 rings (SSSR count). The average molecular weight is 338 g/mol. The van der Waals surface area contributed by atoms with Gasteiger partial charge in [-0.2, -0.15) is 0 Å². The van der Waals surface area contributed by atoms with E-state index in [1.807, 2.05) is 31.2 Å². The molecule has 0 atom stereocenters. The number of carbonyl (C=O) groups excluding carboxylic acids is 1. The number of rotatable bonds is 10. The van der Waals surface area contributed by atoms with Gasteiger partial charge in [-0.1, -0.05) is 75.9 Å². The topological polar surface area (TPSA) is 26.3 Å². The fourth-order valence-corrected chi connectivity index (χ4v) is 2.87. The van der Waals surface area contributed by atoms with Gasteiger partial charge in [0.25, 0.3) is 0 Å². The lowest BCUT2D eigenvalue weighted by atomic mass is 10.00. The van der Waals surface area contributed by atoms with Crippen LogP contribution in [0.15, 0.2) is 48.5 Å². The van der Waals surface area contributed by atoms with Gasteiger partial charge in [0.05, 0.1) is 12.2 Å². The second-order valence-electron chi connectivity index (χ2n) is 6.57. The van der Waals surface area contributed by atoms with Crippen LogP contribution in [-0.4, -0.2) is 12.6 Å². The van der Waals surface area contributed by atoms with Gasteiger partial charge in [0.15, 0.2) is 0 Å². The molecule has 0 aromatic heterocycles. The lowest BCUT2D eigenvalue weighted by Crippen LogP contribution is -2.05. The molecule has 0 saturated heterocycles. The first kappa shape index (κ1) is 19.2. The van der Waals surface area contributed by atoms with Crippen molar-refractivity contribution in [3.8, 4) is 11.1 Å². The molecular formula is C23H30O2. The molecule has 0 N–H and O–H groups in total. The highest BCUT2D eigenvalue weighted by Crippen LogP contribution is 2.21. The minimum Gasteiger partial charge on any atom is -0.462 e. The van der Waals surface area contributed by atoms with E-state index in [9.17, 15) is 4.79 Å². The molecule has 2 heteroatoms. The van der Waals surface area contributed by atoms with E-state index in [-0.39, 0.29) is 5.97 Å². The lowest BCUT2D eigenvalue weighted by molar-refractivity contribution is 0.0505. The summed E-state index contributed by atoms with van der Waals surface area (Å²) in [5.41, 5.74) is 4.32. The van der Waals surface area contributed by atoms with Crippen LogP contribution in [-0.2, 0) is 11.2 Å². The number of ether oxygens (including phenoxy) is 1. The quantitative estimate of drug-likeness (QED) is 0.368. The van der Waals surface area contributed by atoms with E-state index in [4.69, 9.17) is 4.74 Å². The van der Waals surface area contributed by atoms with Gasteiger partial charge < -0.3 is 4.74 Å². The van der Waals surface area contributed by atoms with Crippen LogP contribution in [0.2, 0.25) is 0 Å². The number of esters is 1. The third kappa shape index (κ3) is 6.38. The van der Waals surface area contributed by atoms with Gasteiger partial charge in [-0.05, 0) is 48.1 Å². The molecule has 0 spiro atoms. The first-order valence-corrected chi connectivity index (χ1v) is 9.61. The first-order valence-electron chi connectivity index (χ1n) is 9.61. The van der Waals surface area contributed by atoms with Gasteiger partial charge in [-0.3, -0.25) is 0 Å². The summed E-state index contributed by atoms with van der Waals surface area (Å²) in [4.78, 5) is 11.8. The summed E-state index contributed by atoms with van der Waals surface area (Å²) in [6.07, 6.45) is 8.59. The zero-order valence-electron chi connectivity index (χ0n) is 15.6. The Morgan fingerprint density at radius 2 is 1.36 bits per heavy atom. The van der Waals surface area contributed by atoms with Crippen LogP contribution in [0.5, 0.6) is 0 Å². The summed E-state index contributed by atoms with van der Waals surface area (Å²) in [6, 6.07) is 16.4. The van der Waals surface area contributed by atoms with Crippen LogP contribution in [0.1, 0.15) is 68.3 Å². The largest absolute Gasteiger partial charge is 0.462 e. The average Bonchev–Trinajstić information content (AvgIpc) is 2.66. The molecule has 2 nitrogen and oxygen atoms in total. The lowest BCUT2D eigenvalue weighted by Gasteiger charge is -2.07. The van der Waals surface area contributed by atoms with Gasteiger partial charge in [-0.25, -0.2) is 4.79 Å². The number of hydrogen-bond donors (Lipinski definition) is 0. The SMILES string of the molecule is CCCCCCCc1ccc(-c2ccc(C(=O)OCCC)cc2)cc1. The third-order valence-corrected chi connectivity index (χ3v) is 4.41. The molecule has 0 aliphatic heterocycles. The summed E-state index contributed by atoms with van der Waals surface area (Å²) >= 11 is 0. The predicted molar refractivity (Wildman–Crippen MR) is 105 cm³/mol. The van der Waals surface area contributed by atoms with Crippen LogP contribution >= 0.6 is 0 Å². The van der Waals surface area contributed by atoms with Crippen molar-refractivity contribution in [3.63, 3.8) is 0 Å². The van der Waals surface area contributed by atoms with Crippen molar-refractivity contribution in [1.29, 1.82) is 0 Å². The van der Waals surface area contributed by atoms with Crippen molar-refractivity contribution in [2.75, 3.05) is 6.61 Å². The van der Waals surface area contributed by atoms with Crippen molar-refractivity contribution < 1.29 is 9.53 Å². The Kier molecular flexibility index (Phi) is 8.24. The van der Waals surface area contributed by atoms with Crippen molar-refractivity contribution in [1.82, 2.24) is 0 Å². The summed E-state index contributed by atoms with van der Waals surface area (Å²) in [5.74, 6) is -0.244. The molecule has 0 heterocycles. The summed E-state index contributed by atoms with van der Waals surface area (Å²) in [7, 11) is 0. The molecule has 0 aliphatic rings. The van der Waals surface area contributed by atoms with Crippen molar-refractivity contribution in [3.05, 3.63) is 59.7 Å². The van der Waals surface area contributed by atoms with Crippen molar-refractivity contribution in [2.24, 2.45) is 0 Å². The third-order valence-electron chi connectivity index (χ3n) is 4.41. The Morgan fingerprint density at radius 3 is 1.96 bits per heavy atom. The fraction of sp³-hybridized carbons (Fsp3) is 0.435. The normalized spacial score (nSPS) is 10.6. The van der Waals surface area contributed by atoms with Crippen molar-refractivity contribution in [2.45, 2.75) is 58.8 Å². The zero-order valence-corrected chi connectivity index (χ0v) is 15.6. The fourth-order valence-electron chi connectivity index (χ4n) is 2.87. The molecule has 2 aromatic rings. The van der Waals surface area contributed by atoms with E-state index in [2.05, 4.69) is 31.2 Å². The van der Waals surface area contributed by atoms with Crippen LogP contribution in [0.4, 0.5) is 0 Å². The van der Waals surface area contributed by atoms with Gasteiger partial charge in [0.2, 0.25) is 0 Å². The summed E-state index contributed by atoms with van der Waals surface area (Å²) in [5, 5.41) is 0. The van der Waals surface area contributed by atoms with Crippen LogP contribution in [0.3, 0.4) is 0 Å². The van der Waals surface area contributed by atoms with E-state index in [0.29, 0.717) is 12.2 Å². The number of hydrogen-bond acceptors (Lipinski definition) is 2. The van der Waals surface area contributed by atoms with E-state index < -0.39 is 0 Å². The smallest absolute Gasteiger partial charge is 0.338 e. The van der Waals surface area contributed by atoms with Gasteiger partial charge >= 0.3 is 5.97 Å². The van der Waals surface area contributed by atoms with Gasteiger partial charge in [0.1, 0.15) is 0 Å². The number of aryl methyl sites for hydroxylation is 1. The van der Waals surface area contributed by atoms with Crippen LogP contribution in [0, 0.1) is 0 Å². The molecule has 0 bridgehead atoms. The molecule has 0 aliphatic carbocycles. The second kappa shape index (κ2) is 10.7. The molecular weight excluding hydrogens is 308 g/mol. The summed E-state index contributed by atoms with van der Waals surface area (Å²) < 4.78 is 5.16. The maximum atomic E-state index is 11.8. The Morgan fingerprint density at radius 1 is 0.760 bits per heavy atom. The van der Waals surface area contributed by atoms with Crippen molar-refractivity contribution >= 4 is 5.97 Å². The molecule has 134 valence electrons. The Hall–Kier alpha value is -2.09. The van der Waals surface area contributed by atoms with Crippen LogP contribution in [0.25, 0.3) is 11.1 Å². The maximum Gasteiger partial charge on any atom is 0.338 e. The minimum atomic E-state index is -0.244. The van der Waals surface area contributed by atoms with E-state index in [0.717, 1.165) is 18.4 Å². The second-order valence-corrected chi connectivity index (χ2v) is 6.57. The minimum absolute atomic E-state index is 0.244. The molecule has 2 aromatic carbocycles. The first-order chi connectivity index (χ1) is 12.2. The van der Waals surface area contributed by atoms with E-state index >= 15 is 0 Å². The van der Waals surface area contributed by atoms with E-state index in [1.165, 1.54) is 43.2 Å². The van der Waals surface area contributed by atoms with Crippen LogP contribution < -0.4 is 0 Å². The predicted octanol–water partition coefficient (Wildman–Crippen LogP) is 6.43. The van der Waals surface area contributed by atoms with Gasteiger partial charge in [-0.15, -0.1) is 0 Å². The highest BCUT2D eigenvalue weighted by atomic mass is 16.5. The molecule has 0 unspecified atom stereocenters. The van der Waals surface area contributed by atoms with E-state index in [1.54, 1.807) is 0 Å². The molecule has 25 heavy (non-hydrogen) atoms. The number of carbonyl (C=O) groups is 1. The maximum absolute atomic E-state index is 11.8. The Labute approximate surface area is 152 Å². The molecule has 0 saturated carbocycles. The highest BCUT2D eigenvalue weighted by Gasteiger charge is 2.07. The number of unbranched alkanes of at least 4 members (excludes halogenated alkanes) is 4.